The van der Waals surface area contributed by atoms with Crippen molar-refractivity contribution >= 4 is 10.2 Å². The van der Waals surface area contributed by atoms with E-state index in [1.54, 1.807) is 8.61 Å². The molecule has 0 aromatic carbocycles. The summed E-state index contributed by atoms with van der Waals surface area (Å²) in [4.78, 5) is 0. The van der Waals surface area contributed by atoms with Crippen molar-refractivity contribution in [3.05, 3.63) is 0 Å². The van der Waals surface area contributed by atoms with Gasteiger partial charge in [-0.2, -0.15) is 17.0 Å². The minimum absolute atomic E-state index is 0.455. The smallest absolute Gasteiger partial charge is 0.281 e. The Labute approximate surface area is 130 Å². The molecule has 1 N–H and O–H groups in total. The van der Waals surface area contributed by atoms with Crippen LogP contribution < -0.4 is 5.32 Å². The third-order valence-corrected chi connectivity index (χ3v) is 6.90. The van der Waals surface area contributed by atoms with Crippen LogP contribution in [-0.4, -0.2) is 56.8 Å². The van der Waals surface area contributed by atoms with Gasteiger partial charge in [-0.1, -0.05) is 19.8 Å². The molecule has 21 heavy (non-hydrogen) atoms. The number of nitrogens with zero attached hydrogens (tertiary/aromatic N) is 2. The molecule has 2 aliphatic rings. The SMILES string of the molecule is CCCC1CCN(S(=O)(=O)N2CCCC(CNC)C2)CC1. The second kappa shape index (κ2) is 7.90. The zero-order chi connectivity index (χ0) is 15.3. The molecular weight excluding hydrogens is 286 g/mol. The first kappa shape index (κ1) is 17.2. The van der Waals surface area contributed by atoms with Crippen LogP contribution in [-0.2, 0) is 10.2 Å². The van der Waals surface area contributed by atoms with E-state index in [0.29, 0.717) is 32.1 Å². The van der Waals surface area contributed by atoms with Crippen molar-refractivity contribution in [2.24, 2.45) is 11.8 Å². The molecule has 0 aromatic rings. The van der Waals surface area contributed by atoms with Gasteiger partial charge in [0.1, 0.15) is 0 Å². The summed E-state index contributed by atoms with van der Waals surface area (Å²) in [6, 6.07) is 0. The molecule has 0 aliphatic carbocycles. The van der Waals surface area contributed by atoms with Crippen molar-refractivity contribution in [3.63, 3.8) is 0 Å². The number of piperidine rings is 2. The summed E-state index contributed by atoms with van der Waals surface area (Å²) in [6.07, 6.45) is 6.61. The van der Waals surface area contributed by atoms with Crippen LogP contribution in [0.2, 0.25) is 0 Å². The van der Waals surface area contributed by atoms with Gasteiger partial charge in [0.15, 0.2) is 0 Å². The summed E-state index contributed by atoms with van der Waals surface area (Å²) < 4.78 is 29.0. The number of rotatable bonds is 6. The maximum Gasteiger partial charge on any atom is 0.281 e. The number of nitrogens with one attached hydrogen (secondary N) is 1. The van der Waals surface area contributed by atoms with Crippen molar-refractivity contribution in [2.45, 2.75) is 45.4 Å². The van der Waals surface area contributed by atoms with Crippen LogP contribution in [0.3, 0.4) is 0 Å². The van der Waals surface area contributed by atoms with Crippen molar-refractivity contribution in [3.8, 4) is 0 Å². The van der Waals surface area contributed by atoms with Gasteiger partial charge in [0, 0.05) is 26.2 Å². The average Bonchev–Trinajstić information content (AvgIpc) is 2.49. The molecule has 0 saturated carbocycles. The molecule has 6 heteroatoms. The molecule has 5 nitrogen and oxygen atoms in total. The minimum atomic E-state index is -3.24. The molecule has 2 saturated heterocycles. The van der Waals surface area contributed by atoms with Gasteiger partial charge < -0.3 is 5.32 Å². The van der Waals surface area contributed by atoms with E-state index in [-0.39, 0.29) is 0 Å². The molecule has 2 fully saturated rings. The zero-order valence-electron chi connectivity index (χ0n) is 13.6. The maximum atomic E-state index is 12.8. The maximum absolute atomic E-state index is 12.8. The Morgan fingerprint density at radius 2 is 1.76 bits per heavy atom. The van der Waals surface area contributed by atoms with Crippen molar-refractivity contribution in [2.75, 3.05) is 39.8 Å². The highest BCUT2D eigenvalue weighted by Crippen LogP contribution is 2.26. The Hall–Kier alpha value is -0.170. The van der Waals surface area contributed by atoms with E-state index in [0.717, 1.165) is 38.1 Å². The van der Waals surface area contributed by atoms with Crippen molar-refractivity contribution < 1.29 is 8.42 Å². The Morgan fingerprint density at radius 3 is 2.38 bits per heavy atom. The predicted molar refractivity (Wildman–Crippen MR) is 86.3 cm³/mol. The first-order chi connectivity index (χ1) is 10.1. The van der Waals surface area contributed by atoms with Gasteiger partial charge in [-0.3, -0.25) is 0 Å². The minimum Gasteiger partial charge on any atom is -0.319 e. The topological polar surface area (TPSA) is 52.7 Å². The van der Waals surface area contributed by atoms with Crippen LogP contribution in [0.15, 0.2) is 0 Å². The summed E-state index contributed by atoms with van der Waals surface area (Å²) in [5.41, 5.74) is 0. The van der Waals surface area contributed by atoms with Crippen LogP contribution in [0.25, 0.3) is 0 Å². The van der Waals surface area contributed by atoms with E-state index in [4.69, 9.17) is 0 Å². The molecular formula is C15H31N3O2S. The largest absolute Gasteiger partial charge is 0.319 e. The average molecular weight is 317 g/mol. The summed E-state index contributed by atoms with van der Waals surface area (Å²) >= 11 is 0. The van der Waals surface area contributed by atoms with Crippen LogP contribution in [0.1, 0.15) is 45.4 Å². The molecule has 124 valence electrons. The number of hydrogen-bond donors (Lipinski definition) is 1. The van der Waals surface area contributed by atoms with Crippen LogP contribution in [0.4, 0.5) is 0 Å². The van der Waals surface area contributed by atoms with Crippen LogP contribution >= 0.6 is 0 Å². The Morgan fingerprint density at radius 1 is 1.05 bits per heavy atom. The molecule has 0 radical (unpaired) electrons. The molecule has 0 bridgehead atoms. The summed E-state index contributed by atoms with van der Waals surface area (Å²) in [5, 5.41) is 3.17. The molecule has 0 spiro atoms. The fourth-order valence-electron chi connectivity index (χ4n) is 3.69. The highest BCUT2D eigenvalue weighted by molar-refractivity contribution is 7.86. The molecule has 2 heterocycles. The second-order valence-electron chi connectivity index (χ2n) is 6.56. The van der Waals surface area contributed by atoms with Crippen LogP contribution in [0, 0.1) is 11.8 Å². The third kappa shape index (κ3) is 4.41. The van der Waals surface area contributed by atoms with E-state index in [2.05, 4.69) is 12.2 Å². The van der Waals surface area contributed by atoms with E-state index < -0.39 is 10.2 Å². The van der Waals surface area contributed by atoms with E-state index in [9.17, 15) is 8.42 Å². The third-order valence-electron chi connectivity index (χ3n) is 4.90. The first-order valence-electron chi connectivity index (χ1n) is 8.47. The zero-order valence-corrected chi connectivity index (χ0v) is 14.4. The molecule has 1 atom stereocenters. The fourth-order valence-corrected chi connectivity index (χ4v) is 5.45. The predicted octanol–water partition coefficient (Wildman–Crippen LogP) is 1.67. The lowest BCUT2D eigenvalue weighted by molar-refractivity contribution is 0.217. The van der Waals surface area contributed by atoms with Gasteiger partial charge in [0.05, 0.1) is 0 Å². The summed E-state index contributed by atoms with van der Waals surface area (Å²) in [6.45, 7) is 5.90. The molecule has 2 aliphatic heterocycles. The summed E-state index contributed by atoms with van der Waals surface area (Å²) in [5.74, 6) is 1.18. The Balaban J connectivity index is 1.92. The normalized spacial score (nSPS) is 27.0. The van der Waals surface area contributed by atoms with Crippen molar-refractivity contribution in [1.82, 2.24) is 13.9 Å². The molecule has 1 unspecified atom stereocenters. The Bertz CT molecular complexity index is 403. The Kier molecular flexibility index (Phi) is 6.47. The van der Waals surface area contributed by atoms with Gasteiger partial charge >= 0.3 is 0 Å². The van der Waals surface area contributed by atoms with Gasteiger partial charge in [-0.05, 0) is 51.1 Å². The molecule has 0 aromatic heterocycles. The van der Waals surface area contributed by atoms with Gasteiger partial charge in [-0.15, -0.1) is 0 Å². The van der Waals surface area contributed by atoms with Gasteiger partial charge in [0.2, 0.25) is 0 Å². The van der Waals surface area contributed by atoms with Gasteiger partial charge in [0.25, 0.3) is 10.2 Å². The molecule has 0 amide bonds. The lowest BCUT2D eigenvalue weighted by atomic mass is 9.94. The van der Waals surface area contributed by atoms with E-state index in [1.807, 2.05) is 7.05 Å². The van der Waals surface area contributed by atoms with E-state index >= 15 is 0 Å². The fraction of sp³-hybridized carbons (Fsp3) is 1.00. The van der Waals surface area contributed by atoms with Crippen molar-refractivity contribution in [1.29, 1.82) is 0 Å². The molecule has 2 rings (SSSR count). The quantitative estimate of drug-likeness (QED) is 0.811. The lowest BCUT2D eigenvalue weighted by Gasteiger charge is -2.38. The highest BCUT2D eigenvalue weighted by atomic mass is 32.2. The first-order valence-corrected chi connectivity index (χ1v) is 9.87. The lowest BCUT2D eigenvalue weighted by Crippen LogP contribution is -2.51. The monoisotopic (exact) mass is 317 g/mol. The van der Waals surface area contributed by atoms with E-state index in [1.165, 1.54) is 12.8 Å². The summed E-state index contributed by atoms with van der Waals surface area (Å²) in [7, 11) is -1.30. The van der Waals surface area contributed by atoms with Gasteiger partial charge in [-0.25, -0.2) is 0 Å². The number of hydrogen-bond acceptors (Lipinski definition) is 3. The standard InChI is InChI=1S/C15H31N3O2S/c1-3-5-14-7-10-17(11-8-14)21(19,20)18-9-4-6-15(13-18)12-16-2/h14-16H,3-13H2,1-2H3. The second-order valence-corrected chi connectivity index (χ2v) is 8.49. The van der Waals surface area contributed by atoms with Crippen LogP contribution in [0.5, 0.6) is 0 Å². The highest BCUT2D eigenvalue weighted by Gasteiger charge is 2.35.